The predicted octanol–water partition coefficient (Wildman–Crippen LogP) is 7.57. The van der Waals surface area contributed by atoms with E-state index in [0.717, 1.165) is 12.8 Å². The van der Waals surface area contributed by atoms with Gasteiger partial charge >= 0.3 is 0 Å². The summed E-state index contributed by atoms with van der Waals surface area (Å²) >= 11 is 0. The van der Waals surface area contributed by atoms with E-state index < -0.39 is 0 Å². The van der Waals surface area contributed by atoms with E-state index in [1.807, 2.05) is 6.08 Å². The van der Waals surface area contributed by atoms with E-state index in [4.69, 9.17) is 0 Å². The van der Waals surface area contributed by atoms with Crippen molar-refractivity contribution in [2.24, 2.45) is 0 Å². The van der Waals surface area contributed by atoms with Crippen LogP contribution < -0.4 is 0 Å². The van der Waals surface area contributed by atoms with Gasteiger partial charge in [-0.2, -0.15) is 0 Å². The maximum Gasteiger partial charge on any atom is 0.00682 e. The third-order valence-electron chi connectivity index (χ3n) is 5.20. The van der Waals surface area contributed by atoms with E-state index in [0.29, 0.717) is 5.92 Å². The van der Waals surface area contributed by atoms with Crippen LogP contribution in [0.1, 0.15) is 24.3 Å². The number of hydrogen-bond donors (Lipinski definition) is 0. The highest BCUT2D eigenvalue weighted by Crippen LogP contribution is 2.41. The Balaban J connectivity index is 1.85. The third-order valence-corrected chi connectivity index (χ3v) is 5.20. The minimum Gasteiger partial charge on any atom is -0.103 e. The van der Waals surface area contributed by atoms with Gasteiger partial charge < -0.3 is 0 Å². The SMILES string of the molecule is C=CCC1=CCC(c2c(-c3ccccc3)cccc2-c2ccccc2)C=C1. The second-order valence-electron chi connectivity index (χ2n) is 6.97. The van der Waals surface area contributed by atoms with Crippen LogP contribution in [0.3, 0.4) is 0 Å². The largest absolute Gasteiger partial charge is 0.103 e. The molecule has 1 aliphatic rings. The molecule has 0 amide bonds. The van der Waals surface area contributed by atoms with E-state index in [1.54, 1.807) is 0 Å². The van der Waals surface area contributed by atoms with Gasteiger partial charge in [-0.15, -0.1) is 6.58 Å². The first kappa shape index (κ1) is 17.3. The fourth-order valence-corrected chi connectivity index (χ4v) is 3.90. The summed E-state index contributed by atoms with van der Waals surface area (Å²) in [5.41, 5.74) is 7.98. The molecule has 1 unspecified atom stereocenters. The molecule has 1 atom stereocenters. The Morgan fingerprint density at radius 2 is 1.37 bits per heavy atom. The molecule has 0 heterocycles. The van der Waals surface area contributed by atoms with Gasteiger partial charge in [-0.05, 0) is 46.2 Å². The fraction of sp³-hybridized carbons (Fsp3) is 0.111. The number of hydrogen-bond acceptors (Lipinski definition) is 0. The first-order chi connectivity index (χ1) is 13.4. The molecule has 0 bridgehead atoms. The highest BCUT2D eigenvalue weighted by molar-refractivity contribution is 5.80. The molecule has 1 aliphatic carbocycles. The smallest absolute Gasteiger partial charge is 0.00682 e. The molecular weight excluding hydrogens is 324 g/mol. The molecule has 27 heavy (non-hydrogen) atoms. The second-order valence-corrected chi connectivity index (χ2v) is 6.97. The highest BCUT2D eigenvalue weighted by Gasteiger charge is 2.20. The molecular formula is C27H24. The molecule has 0 heteroatoms. The van der Waals surface area contributed by atoms with Crippen LogP contribution in [0.2, 0.25) is 0 Å². The minimum absolute atomic E-state index is 0.380. The lowest BCUT2D eigenvalue weighted by atomic mass is 9.80. The van der Waals surface area contributed by atoms with Gasteiger partial charge in [0.05, 0.1) is 0 Å². The molecule has 0 fully saturated rings. The quantitative estimate of drug-likeness (QED) is 0.417. The summed E-state index contributed by atoms with van der Waals surface area (Å²) in [5, 5.41) is 0. The average molecular weight is 348 g/mol. The van der Waals surface area contributed by atoms with Gasteiger partial charge in [0, 0.05) is 5.92 Å². The van der Waals surface area contributed by atoms with E-state index in [1.165, 1.54) is 33.4 Å². The molecule has 0 radical (unpaired) electrons. The Morgan fingerprint density at radius 3 is 1.85 bits per heavy atom. The Kier molecular flexibility index (Phi) is 5.16. The van der Waals surface area contributed by atoms with Gasteiger partial charge in [-0.3, -0.25) is 0 Å². The Bertz CT molecular complexity index is 917. The lowest BCUT2D eigenvalue weighted by molar-refractivity contribution is 0.844. The topological polar surface area (TPSA) is 0 Å². The van der Waals surface area contributed by atoms with Gasteiger partial charge in [0.2, 0.25) is 0 Å². The zero-order chi connectivity index (χ0) is 18.5. The van der Waals surface area contributed by atoms with Gasteiger partial charge in [0.1, 0.15) is 0 Å². The molecule has 0 N–H and O–H groups in total. The van der Waals surface area contributed by atoms with E-state index in [9.17, 15) is 0 Å². The number of rotatable bonds is 5. The number of benzene rings is 3. The number of allylic oxidation sites excluding steroid dienone is 5. The van der Waals surface area contributed by atoms with E-state index in [-0.39, 0.29) is 0 Å². The van der Waals surface area contributed by atoms with Crippen LogP contribution in [-0.2, 0) is 0 Å². The van der Waals surface area contributed by atoms with Crippen LogP contribution in [0.5, 0.6) is 0 Å². The zero-order valence-electron chi connectivity index (χ0n) is 15.5. The molecule has 132 valence electrons. The molecule has 0 saturated heterocycles. The first-order valence-electron chi connectivity index (χ1n) is 9.58. The highest BCUT2D eigenvalue weighted by atomic mass is 14.2. The predicted molar refractivity (Wildman–Crippen MR) is 117 cm³/mol. The van der Waals surface area contributed by atoms with Crippen molar-refractivity contribution in [3.63, 3.8) is 0 Å². The standard InChI is InChI=1S/C27H24/c1-2-10-21-17-19-24(20-18-21)27-25(22-11-5-3-6-12-22)15-9-16-26(27)23-13-7-4-8-14-23/h2-9,11-19,24H,1,10,20H2. The van der Waals surface area contributed by atoms with Crippen LogP contribution >= 0.6 is 0 Å². The fourth-order valence-electron chi connectivity index (χ4n) is 3.90. The monoisotopic (exact) mass is 348 g/mol. The molecule has 0 spiro atoms. The van der Waals surface area contributed by atoms with E-state index >= 15 is 0 Å². The molecule has 3 aromatic rings. The van der Waals surface area contributed by atoms with Crippen molar-refractivity contribution in [2.75, 3.05) is 0 Å². The van der Waals surface area contributed by atoms with Gasteiger partial charge in [-0.1, -0.05) is 103 Å². The maximum atomic E-state index is 3.86. The zero-order valence-corrected chi connectivity index (χ0v) is 15.5. The summed E-state index contributed by atoms with van der Waals surface area (Å²) < 4.78 is 0. The van der Waals surface area contributed by atoms with E-state index in [2.05, 4.69) is 104 Å². The van der Waals surface area contributed by atoms with Crippen molar-refractivity contribution in [3.05, 3.63) is 121 Å². The normalized spacial score (nSPS) is 16.0. The van der Waals surface area contributed by atoms with Gasteiger partial charge in [-0.25, -0.2) is 0 Å². The van der Waals surface area contributed by atoms with Crippen LogP contribution in [0.4, 0.5) is 0 Å². The van der Waals surface area contributed by atoms with Crippen molar-refractivity contribution in [1.82, 2.24) is 0 Å². The first-order valence-corrected chi connectivity index (χ1v) is 9.58. The van der Waals surface area contributed by atoms with Crippen LogP contribution in [0.25, 0.3) is 22.3 Å². The third kappa shape index (κ3) is 3.71. The summed E-state index contributed by atoms with van der Waals surface area (Å²) in [5.74, 6) is 0.380. The molecule has 0 aromatic heterocycles. The molecule has 0 nitrogen and oxygen atoms in total. The van der Waals surface area contributed by atoms with Crippen molar-refractivity contribution >= 4 is 0 Å². The van der Waals surface area contributed by atoms with Crippen LogP contribution in [-0.4, -0.2) is 0 Å². The summed E-state index contributed by atoms with van der Waals surface area (Å²) in [7, 11) is 0. The van der Waals surface area contributed by atoms with Crippen molar-refractivity contribution in [2.45, 2.75) is 18.8 Å². The summed E-state index contributed by atoms with van der Waals surface area (Å²) in [6.07, 6.45) is 10.9. The maximum absolute atomic E-state index is 3.86. The summed E-state index contributed by atoms with van der Waals surface area (Å²) in [6.45, 7) is 3.86. The Morgan fingerprint density at radius 1 is 0.778 bits per heavy atom. The summed E-state index contributed by atoms with van der Waals surface area (Å²) in [4.78, 5) is 0. The lowest BCUT2D eigenvalue weighted by Crippen LogP contribution is -2.03. The Hall–Kier alpha value is -3.12. The van der Waals surface area contributed by atoms with Crippen LogP contribution in [0.15, 0.2) is 115 Å². The van der Waals surface area contributed by atoms with Crippen LogP contribution in [0, 0.1) is 0 Å². The van der Waals surface area contributed by atoms with Gasteiger partial charge in [0.15, 0.2) is 0 Å². The van der Waals surface area contributed by atoms with Gasteiger partial charge in [0.25, 0.3) is 0 Å². The van der Waals surface area contributed by atoms with Crippen molar-refractivity contribution < 1.29 is 0 Å². The minimum atomic E-state index is 0.380. The lowest BCUT2D eigenvalue weighted by Gasteiger charge is -2.23. The van der Waals surface area contributed by atoms with Crippen molar-refractivity contribution in [3.8, 4) is 22.3 Å². The molecule has 3 aromatic carbocycles. The average Bonchev–Trinajstić information content (AvgIpc) is 2.75. The molecule has 0 saturated carbocycles. The van der Waals surface area contributed by atoms with Crippen molar-refractivity contribution in [1.29, 1.82) is 0 Å². The summed E-state index contributed by atoms with van der Waals surface area (Å²) in [6, 6.07) is 28.2. The molecule has 0 aliphatic heterocycles. The molecule has 4 rings (SSSR count). The second kappa shape index (κ2) is 8.05. The Labute approximate surface area is 162 Å².